The molecule has 1 aliphatic carbocycles. The van der Waals surface area contributed by atoms with Crippen LogP contribution < -0.4 is 5.32 Å². The number of hydrogen-bond donors (Lipinski definition) is 2. The molecule has 0 aliphatic heterocycles. The summed E-state index contributed by atoms with van der Waals surface area (Å²) in [4.78, 5) is 16.0. The minimum absolute atomic E-state index is 0.113. The van der Waals surface area contributed by atoms with Crippen molar-refractivity contribution in [2.75, 3.05) is 0 Å². The molecule has 0 radical (unpaired) electrons. The lowest BCUT2D eigenvalue weighted by atomic mass is 9.93. The summed E-state index contributed by atoms with van der Waals surface area (Å²) in [6.07, 6.45) is 9.52. The minimum Gasteiger partial charge on any atom is -0.353 e. The van der Waals surface area contributed by atoms with Crippen LogP contribution in [0.4, 0.5) is 0 Å². The van der Waals surface area contributed by atoms with Crippen molar-refractivity contribution in [2.45, 2.75) is 38.1 Å². The Morgan fingerprint density at radius 1 is 1.45 bits per heavy atom. The first kappa shape index (κ1) is 12.8. The number of carbonyl (C=O) groups excluding carboxylic acids is 1. The first-order valence-corrected chi connectivity index (χ1v) is 7.00. The molecule has 0 spiro atoms. The molecule has 104 valence electrons. The standard InChI is InChI=1S/C15H18N4O/c20-15(6-3-11-2-1-7-16-9-11)18-13-5-4-12-10-17-19-14(12)8-13/h1-2,7,9-10,13H,3-6,8H2,(H,17,19)(H,18,20). The average Bonchev–Trinajstić information content (AvgIpc) is 2.94. The van der Waals surface area contributed by atoms with Gasteiger partial charge in [-0.05, 0) is 36.5 Å². The van der Waals surface area contributed by atoms with Crippen LogP contribution in [0.3, 0.4) is 0 Å². The number of nitrogens with one attached hydrogen (secondary N) is 2. The summed E-state index contributed by atoms with van der Waals surface area (Å²) in [6.45, 7) is 0. The van der Waals surface area contributed by atoms with Gasteiger partial charge in [-0.3, -0.25) is 14.9 Å². The van der Waals surface area contributed by atoms with E-state index in [1.165, 1.54) is 5.56 Å². The lowest BCUT2D eigenvalue weighted by Crippen LogP contribution is -2.38. The number of rotatable bonds is 4. The lowest BCUT2D eigenvalue weighted by Gasteiger charge is -2.22. The highest BCUT2D eigenvalue weighted by molar-refractivity contribution is 5.76. The molecule has 1 aliphatic rings. The van der Waals surface area contributed by atoms with E-state index in [-0.39, 0.29) is 11.9 Å². The second-order valence-corrected chi connectivity index (χ2v) is 5.24. The van der Waals surface area contributed by atoms with E-state index in [0.717, 1.165) is 36.9 Å². The molecule has 2 N–H and O–H groups in total. The average molecular weight is 270 g/mol. The van der Waals surface area contributed by atoms with Gasteiger partial charge in [0.15, 0.2) is 0 Å². The normalized spacial score (nSPS) is 17.5. The van der Waals surface area contributed by atoms with Crippen LogP contribution in [0.25, 0.3) is 0 Å². The van der Waals surface area contributed by atoms with Crippen molar-refractivity contribution in [1.29, 1.82) is 0 Å². The Balaban J connectivity index is 1.48. The van der Waals surface area contributed by atoms with Gasteiger partial charge in [-0.15, -0.1) is 0 Å². The molecule has 0 saturated heterocycles. The summed E-state index contributed by atoms with van der Waals surface area (Å²) >= 11 is 0. The molecule has 0 saturated carbocycles. The van der Waals surface area contributed by atoms with Gasteiger partial charge in [0, 0.05) is 37.0 Å². The number of aryl methyl sites for hydroxylation is 2. The van der Waals surface area contributed by atoms with Crippen molar-refractivity contribution in [1.82, 2.24) is 20.5 Å². The van der Waals surface area contributed by atoms with Gasteiger partial charge in [0.05, 0.1) is 6.20 Å². The molecule has 5 nitrogen and oxygen atoms in total. The molecule has 1 atom stereocenters. The van der Waals surface area contributed by atoms with Crippen LogP contribution in [0.1, 0.15) is 29.7 Å². The predicted molar refractivity (Wildman–Crippen MR) is 75.1 cm³/mol. The Kier molecular flexibility index (Phi) is 3.76. The molecule has 2 aromatic heterocycles. The van der Waals surface area contributed by atoms with Crippen LogP contribution in [0.5, 0.6) is 0 Å². The zero-order valence-corrected chi connectivity index (χ0v) is 11.3. The minimum atomic E-state index is 0.113. The maximum Gasteiger partial charge on any atom is 0.220 e. The largest absolute Gasteiger partial charge is 0.353 e. The van der Waals surface area contributed by atoms with E-state index in [2.05, 4.69) is 20.5 Å². The smallest absolute Gasteiger partial charge is 0.220 e. The quantitative estimate of drug-likeness (QED) is 0.882. The van der Waals surface area contributed by atoms with Gasteiger partial charge in [-0.2, -0.15) is 5.10 Å². The van der Waals surface area contributed by atoms with E-state index in [0.29, 0.717) is 6.42 Å². The zero-order chi connectivity index (χ0) is 13.8. The topological polar surface area (TPSA) is 70.7 Å². The summed E-state index contributed by atoms with van der Waals surface area (Å²) in [5.41, 5.74) is 3.54. The highest BCUT2D eigenvalue weighted by Crippen LogP contribution is 2.18. The molecule has 0 aromatic carbocycles. The van der Waals surface area contributed by atoms with E-state index in [1.807, 2.05) is 24.5 Å². The highest BCUT2D eigenvalue weighted by atomic mass is 16.1. The van der Waals surface area contributed by atoms with Gasteiger partial charge < -0.3 is 5.32 Å². The van der Waals surface area contributed by atoms with E-state index < -0.39 is 0 Å². The third-order valence-corrected chi connectivity index (χ3v) is 3.75. The second kappa shape index (κ2) is 5.86. The van der Waals surface area contributed by atoms with Crippen molar-refractivity contribution >= 4 is 5.91 Å². The number of amides is 1. The number of fused-ring (bicyclic) bond motifs is 1. The molecule has 3 rings (SSSR count). The van der Waals surface area contributed by atoms with E-state index in [1.54, 1.807) is 6.20 Å². The van der Waals surface area contributed by atoms with Crippen LogP contribution in [-0.4, -0.2) is 27.1 Å². The van der Waals surface area contributed by atoms with Crippen LogP contribution in [0.2, 0.25) is 0 Å². The molecule has 20 heavy (non-hydrogen) atoms. The number of aromatic nitrogens is 3. The summed E-state index contributed by atoms with van der Waals surface area (Å²) in [5, 5.41) is 10.2. The third-order valence-electron chi connectivity index (χ3n) is 3.75. The molecular weight excluding hydrogens is 252 g/mol. The van der Waals surface area contributed by atoms with Gasteiger partial charge in [0.25, 0.3) is 0 Å². The highest BCUT2D eigenvalue weighted by Gasteiger charge is 2.21. The molecule has 1 amide bonds. The Bertz CT molecular complexity index is 579. The number of hydrogen-bond acceptors (Lipinski definition) is 3. The number of nitrogens with zero attached hydrogens (tertiary/aromatic N) is 2. The predicted octanol–water partition coefficient (Wildman–Crippen LogP) is 1.41. The second-order valence-electron chi connectivity index (χ2n) is 5.24. The molecule has 2 heterocycles. The van der Waals surface area contributed by atoms with E-state index in [9.17, 15) is 4.79 Å². The number of carbonyl (C=O) groups is 1. The van der Waals surface area contributed by atoms with Gasteiger partial charge in [0.2, 0.25) is 5.91 Å². The molecular formula is C15H18N4O. The fourth-order valence-corrected chi connectivity index (χ4v) is 2.64. The van der Waals surface area contributed by atoms with Gasteiger partial charge in [-0.25, -0.2) is 0 Å². The Morgan fingerprint density at radius 3 is 3.25 bits per heavy atom. The maximum atomic E-state index is 12.0. The summed E-state index contributed by atoms with van der Waals surface area (Å²) in [6, 6.07) is 4.12. The van der Waals surface area contributed by atoms with Gasteiger partial charge >= 0.3 is 0 Å². The molecule has 0 bridgehead atoms. The fourth-order valence-electron chi connectivity index (χ4n) is 2.64. The van der Waals surface area contributed by atoms with Crippen LogP contribution >= 0.6 is 0 Å². The zero-order valence-electron chi connectivity index (χ0n) is 11.3. The number of pyridine rings is 1. The van der Waals surface area contributed by atoms with Crippen molar-refractivity contribution in [3.63, 3.8) is 0 Å². The maximum absolute atomic E-state index is 12.0. The van der Waals surface area contributed by atoms with Crippen LogP contribution in [-0.2, 0) is 24.1 Å². The van der Waals surface area contributed by atoms with E-state index >= 15 is 0 Å². The molecule has 2 aromatic rings. The molecule has 5 heteroatoms. The van der Waals surface area contributed by atoms with Crippen LogP contribution in [0.15, 0.2) is 30.7 Å². The number of aromatic amines is 1. The van der Waals surface area contributed by atoms with Gasteiger partial charge in [0.1, 0.15) is 0 Å². The van der Waals surface area contributed by atoms with Crippen molar-refractivity contribution in [2.24, 2.45) is 0 Å². The Morgan fingerprint density at radius 2 is 2.40 bits per heavy atom. The van der Waals surface area contributed by atoms with E-state index in [4.69, 9.17) is 0 Å². The molecule has 1 unspecified atom stereocenters. The SMILES string of the molecule is O=C(CCc1cccnc1)NC1CCc2cn[nH]c2C1. The van der Waals surface area contributed by atoms with Crippen molar-refractivity contribution < 1.29 is 4.79 Å². The fraction of sp³-hybridized carbons (Fsp3) is 0.400. The Hall–Kier alpha value is -2.17. The first-order chi connectivity index (χ1) is 9.81. The molecule has 0 fully saturated rings. The summed E-state index contributed by atoms with van der Waals surface area (Å²) < 4.78 is 0. The van der Waals surface area contributed by atoms with Crippen molar-refractivity contribution in [3.8, 4) is 0 Å². The van der Waals surface area contributed by atoms with Crippen LogP contribution in [0, 0.1) is 0 Å². The first-order valence-electron chi connectivity index (χ1n) is 7.00. The van der Waals surface area contributed by atoms with Crippen molar-refractivity contribution in [3.05, 3.63) is 47.5 Å². The monoisotopic (exact) mass is 270 g/mol. The summed E-state index contributed by atoms with van der Waals surface area (Å²) in [5.74, 6) is 0.113. The summed E-state index contributed by atoms with van der Waals surface area (Å²) in [7, 11) is 0. The van der Waals surface area contributed by atoms with Gasteiger partial charge in [-0.1, -0.05) is 6.07 Å². The Labute approximate surface area is 117 Å². The lowest BCUT2D eigenvalue weighted by molar-refractivity contribution is -0.121. The third kappa shape index (κ3) is 3.04. The number of H-pyrrole nitrogens is 1.